The van der Waals surface area contributed by atoms with E-state index in [1.165, 1.54) is 0 Å². The Kier molecular flexibility index (Phi) is 6.06. The maximum absolute atomic E-state index is 12.7. The number of anilines is 1. The fourth-order valence-corrected chi connectivity index (χ4v) is 2.49. The first kappa shape index (κ1) is 19.2. The lowest BCUT2D eigenvalue weighted by Crippen LogP contribution is -2.32. The molecular formula is C21H20N2O5. The molecule has 0 spiro atoms. The molecule has 7 heteroatoms. The zero-order valence-electron chi connectivity index (χ0n) is 15.5. The maximum Gasteiger partial charge on any atom is 0.342 e. The van der Waals surface area contributed by atoms with E-state index in [0.29, 0.717) is 23.7 Å². The summed E-state index contributed by atoms with van der Waals surface area (Å²) in [7, 11) is 0. The van der Waals surface area contributed by atoms with Crippen LogP contribution in [0, 0.1) is 6.92 Å². The molecule has 1 N–H and O–H groups in total. The minimum absolute atomic E-state index is 0.231. The molecule has 1 heterocycles. The highest BCUT2D eigenvalue weighted by molar-refractivity contribution is 5.98. The Morgan fingerprint density at radius 3 is 2.50 bits per heavy atom. The van der Waals surface area contributed by atoms with Gasteiger partial charge in [0.1, 0.15) is 22.8 Å². The van der Waals surface area contributed by atoms with Gasteiger partial charge < -0.3 is 19.3 Å². The Balaban J connectivity index is 1.71. The van der Waals surface area contributed by atoms with Crippen LogP contribution in [0.1, 0.15) is 29.5 Å². The van der Waals surface area contributed by atoms with E-state index in [1.54, 1.807) is 56.3 Å². The van der Waals surface area contributed by atoms with Crippen LogP contribution in [0.5, 0.6) is 11.5 Å². The van der Waals surface area contributed by atoms with Crippen molar-refractivity contribution in [2.45, 2.75) is 26.4 Å². The predicted molar refractivity (Wildman–Crippen MR) is 102 cm³/mol. The van der Waals surface area contributed by atoms with Crippen LogP contribution in [0.2, 0.25) is 0 Å². The van der Waals surface area contributed by atoms with E-state index in [4.69, 9.17) is 14.0 Å². The molecule has 2 aromatic carbocycles. The van der Waals surface area contributed by atoms with E-state index in [2.05, 4.69) is 10.5 Å². The van der Waals surface area contributed by atoms with Gasteiger partial charge in [0.2, 0.25) is 0 Å². The zero-order valence-corrected chi connectivity index (χ0v) is 15.5. The smallest absolute Gasteiger partial charge is 0.342 e. The number of esters is 1. The highest BCUT2D eigenvalue weighted by atomic mass is 16.6. The molecule has 1 unspecified atom stereocenters. The molecule has 0 aliphatic rings. The van der Waals surface area contributed by atoms with Crippen LogP contribution in [0.15, 0.2) is 65.2 Å². The Morgan fingerprint density at radius 2 is 1.82 bits per heavy atom. The van der Waals surface area contributed by atoms with Gasteiger partial charge in [-0.05, 0) is 37.6 Å². The number of benzene rings is 2. The third-order valence-electron chi connectivity index (χ3n) is 3.87. The summed E-state index contributed by atoms with van der Waals surface area (Å²) < 4.78 is 16.1. The lowest BCUT2D eigenvalue weighted by molar-refractivity contribution is -0.124. The Morgan fingerprint density at radius 1 is 1.11 bits per heavy atom. The van der Waals surface area contributed by atoms with Crippen LogP contribution < -0.4 is 10.1 Å². The average molecular weight is 380 g/mol. The first-order chi connectivity index (χ1) is 13.6. The topological polar surface area (TPSA) is 90.7 Å². The molecule has 0 fully saturated rings. The average Bonchev–Trinajstić information content (AvgIpc) is 3.11. The minimum Gasteiger partial charge on any atom is -0.456 e. The molecule has 0 bridgehead atoms. The second-order valence-corrected chi connectivity index (χ2v) is 6.03. The molecule has 7 nitrogen and oxygen atoms in total. The quantitative estimate of drug-likeness (QED) is 0.613. The highest BCUT2D eigenvalue weighted by Gasteiger charge is 2.24. The summed E-state index contributed by atoms with van der Waals surface area (Å²) in [4.78, 5) is 25.1. The molecule has 3 rings (SSSR count). The number of ether oxygens (including phenoxy) is 2. The first-order valence-corrected chi connectivity index (χ1v) is 8.84. The van der Waals surface area contributed by atoms with Crippen LogP contribution in [0.3, 0.4) is 0 Å². The SMILES string of the molecule is CCC(OC(=O)c1ccccc1Oc1ccccc1)C(=O)Nc1cc(C)on1. The summed E-state index contributed by atoms with van der Waals surface area (Å²) >= 11 is 0. The monoisotopic (exact) mass is 380 g/mol. The van der Waals surface area contributed by atoms with Gasteiger partial charge >= 0.3 is 5.97 Å². The number of rotatable bonds is 7. The third-order valence-corrected chi connectivity index (χ3v) is 3.87. The summed E-state index contributed by atoms with van der Waals surface area (Å²) in [6.07, 6.45) is -0.676. The Labute approximate surface area is 162 Å². The van der Waals surface area contributed by atoms with E-state index in [-0.39, 0.29) is 11.4 Å². The van der Waals surface area contributed by atoms with Crippen molar-refractivity contribution in [2.75, 3.05) is 5.32 Å². The molecule has 1 amide bonds. The van der Waals surface area contributed by atoms with Gasteiger partial charge in [0.15, 0.2) is 11.9 Å². The minimum atomic E-state index is -0.978. The number of aryl methyl sites for hydroxylation is 1. The summed E-state index contributed by atoms with van der Waals surface area (Å²) in [5.41, 5.74) is 0.231. The second kappa shape index (κ2) is 8.85. The van der Waals surface area contributed by atoms with Crippen LogP contribution in [0.25, 0.3) is 0 Å². The van der Waals surface area contributed by atoms with Crippen molar-refractivity contribution in [3.63, 3.8) is 0 Å². The molecule has 3 aromatic rings. The van der Waals surface area contributed by atoms with E-state index in [1.807, 2.05) is 18.2 Å². The fraction of sp³-hybridized carbons (Fsp3) is 0.190. The van der Waals surface area contributed by atoms with Gasteiger partial charge in [0.25, 0.3) is 5.91 Å². The van der Waals surface area contributed by atoms with Crippen molar-refractivity contribution in [3.8, 4) is 11.5 Å². The predicted octanol–water partition coefficient (Wildman–Crippen LogP) is 4.35. The van der Waals surface area contributed by atoms with Gasteiger partial charge in [0.05, 0.1) is 0 Å². The van der Waals surface area contributed by atoms with Crippen molar-refractivity contribution in [3.05, 3.63) is 72.0 Å². The zero-order chi connectivity index (χ0) is 19.9. The van der Waals surface area contributed by atoms with Crippen LogP contribution in [-0.2, 0) is 9.53 Å². The van der Waals surface area contributed by atoms with Gasteiger partial charge in [-0.15, -0.1) is 0 Å². The molecule has 0 radical (unpaired) electrons. The maximum atomic E-state index is 12.7. The van der Waals surface area contributed by atoms with E-state index in [0.717, 1.165) is 0 Å². The van der Waals surface area contributed by atoms with Gasteiger partial charge in [-0.1, -0.05) is 42.4 Å². The normalized spacial score (nSPS) is 11.5. The number of carbonyl (C=O) groups excluding carboxylic acids is 2. The van der Waals surface area contributed by atoms with Gasteiger partial charge in [-0.2, -0.15) is 0 Å². The summed E-state index contributed by atoms with van der Waals surface area (Å²) in [6, 6.07) is 17.4. The number of amides is 1. The largest absolute Gasteiger partial charge is 0.456 e. The molecule has 0 aliphatic heterocycles. The van der Waals surface area contributed by atoms with Crippen LogP contribution in [0.4, 0.5) is 5.82 Å². The molecule has 28 heavy (non-hydrogen) atoms. The number of para-hydroxylation sites is 2. The van der Waals surface area contributed by atoms with E-state index >= 15 is 0 Å². The summed E-state index contributed by atoms with van der Waals surface area (Å²) in [5.74, 6) is 0.641. The second-order valence-electron chi connectivity index (χ2n) is 6.03. The third kappa shape index (κ3) is 4.76. The molecule has 1 atom stereocenters. The fourth-order valence-electron chi connectivity index (χ4n) is 2.49. The molecule has 0 saturated heterocycles. The molecule has 1 aromatic heterocycles. The Hall–Kier alpha value is -3.61. The number of nitrogens with one attached hydrogen (secondary N) is 1. The number of nitrogens with zero attached hydrogens (tertiary/aromatic N) is 1. The standard InChI is InChI=1S/C21H20N2O5/c1-3-17(20(24)22-19-13-14(2)28-23-19)27-21(25)16-11-7-8-12-18(16)26-15-9-5-4-6-10-15/h4-13,17H,3H2,1-2H3,(H,22,23,24). The van der Waals surface area contributed by atoms with E-state index < -0.39 is 18.0 Å². The van der Waals surface area contributed by atoms with E-state index in [9.17, 15) is 9.59 Å². The van der Waals surface area contributed by atoms with Crippen LogP contribution in [-0.4, -0.2) is 23.1 Å². The molecule has 144 valence electrons. The molecule has 0 aliphatic carbocycles. The van der Waals surface area contributed by atoms with Crippen molar-refractivity contribution >= 4 is 17.7 Å². The van der Waals surface area contributed by atoms with Gasteiger partial charge in [-0.3, -0.25) is 4.79 Å². The van der Waals surface area contributed by atoms with Gasteiger partial charge in [0, 0.05) is 6.07 Å². The molecular weight excluding hydrogens is 360 g/mol. The lowest BCUT2D eigenvalue weighted by atomic mass is 10.2. The Bertz CT molecular complexity index is 952. The van der Waals surface area contributed by atoms with Crippen molar-refractivity contribution < 1.29 is 23.6 Å². The van der Waals surface area contributed by atoms with Gasteiger partial charge in [-0.25, -0.2) is 4.79 Å². The van der Waals surface area contributed by atoms with Crippen molar-refractivity contribution in [2.24, 2.45) is 0 Å². The number of carbonyl (C=O) groups is 2. The number of aromatic nitrogens is 1. The highest BCUT2D eigenvalue weighted by Crippen LogP contribution is 2.26. The first-order valence-electron chi connectivity index (χ1n) is 8.84. The number of hydrogen-bond acceptors (Lipinski definition) is 6. The van der Waals surface area contributed by atoms with Crippen molar-refractivity contribution in [1.29, 1.82) is 0 Å². The van der Waals surface area contributed by atoms with Crippen molar-refractivity contribution in [1.82, 2.24) is 5.16 Å². The number of hydrogen-bond donors (Lipinski definition) is 1. The molecule has 0 saturated carbocycles. The summed E-state index contributed by atoms with van der Waals surface area (Å²) in [5, 5.41) is 6.28. The lowest BCUT2D eigenvalue weighted by Gasteiger charge is -2.16. The summed E-state index contributed by atoms with van der Waals surface area (Å²) in [6.45, 7) is 3.46. The van der Waals surface area contributed by atoms with Crippen LogP contribution >= 0.6 is 0 Å².